The van der Waals surface area contributed by atoms with Gasteiger partial charge in [-0.15, -0.1) is 0 Å². The SMILES string of the molecule is O=C(Oc1c2c3c(noc3c3ccccc13)C(Oc1ccccc1)=CC2=O)c1ccccc1. The summed E-state index contributed by atoms with van der Waals surface area (Å²) in [5.41, 5.74) is 1.42. The first-order chi connectivity index (χ1) is 16.2. The van der Waals surface area contributed by atoms with Gasteiger partial charge in [-0.1, -0.05) is 65.8 Å². The van der Waals surface area contributed by atoms with E-state index in [0.717, 1.165) is 0 Å². The fourth-order valence-electron chi connectivity index (χ4n) is 4.02. The monoisotopic (exact) mass is 433 g/mol. The number of para-hydroxylation sites is 1. The van der Waals surface area contributed by atoms with E-state index in [0.29, 0.717) is 38.7 Å². The summed E-state index contributed by atoms with van der Waals surface area (Å²) in [5.74, 6) is 0.0952. The molecule has 0 saturated heterocycles. The van der Waals surface area contributed by atoms with Gasteiger partial charge in [-0.05, 0) is 24.3 Å². The molecule has 0 aliphatic heterocycles. The summed E-state index contributed by atoms with van der Waals surface area (Å²) in [5, 5.41) is 5.93. The Hall–Kier alpha value is -4.71. The van der Waals surface area contributed by atoms with E-state index in [1.807, 2.05) is 42.5 Å². The number of carbonyl (C=O) groups excluding carboxylic acids is 2. The largest absolute Gasteiger partial charge is 0.455 e. The maximum Gasteiger partial charge on any atom is 0.343 e. The molecule has 0 N–H and O–H groups in total. The maximum atomic E-state index is 13.3. The lowest BCUT2D eigenvalue weighted by Crippen LogP contribution is -2.14. The molecule has 6 rings (SSSR count). The molecule has 0 radical (unpaired) electrons. The van der Waals surface area contributed by atoms with Gasteiger partial charge in [0.15, 0.2) is 28.6 Å². The highest BCUT2D eigenvalue weighted by atomic mass is 16.5. The van der Waals surface area contributed by atoms with Crippen molar-refractivity contribution in [1.29, 1.82) is 0 Å². The summed E-state index contributed by atoms with van der Waals surface area (Å²) < 4.78 is 17.4. The third-order valence-corrected chi connectivity index (χ3v) is 5.50. The van der Waals surface area contributed by atoms with Crippen molar-refractivity contribution in [2.45, 2.75) is 0 Å². The lowest BCUT2D eigenvalue weighted by molar-refractivity contribution is 0.0735. The molecular formula is C27H15NO5. The smallest absolute Gasteiger partial charge is 0.343 e. The molecule has 1 aromatic heterocycles. The minimum atomic E-state index is -0.558. The van der Waals surface area contributed by atoms with Crippen molar-refractivity contribution < 1.29 is 23.6 Å². The Morgan fingerprint density at radius 2 is 1.48 bits per heavy atom. The number of hydrogen-bond donors (Lipinski definition) is 0. The lowest BCUT2D eigenvalue weighted by Gasteiger charge is -2.17. The molecule has 1 aliphatic rings. The van der Waals surface area contributed by atoms with Crippen LogP contribution in [0.3, 0.4) is 0 Å². The van der Waals surface area contributed by atoms with E-state index in [1.54, 1.807) is 42.5 Å². The molecule has 33 heavy (non-hydrogen) atoms. The van der Waals surface area contributed by atoms with E-state index < -0.39 is 5.97 Å². The topological polar surface area (TPSA) is 78.6 Å². The number of aromatic nitrogens is 1. The molecule has 158 valence electrons. The van der Waals surface area contributed by atoms with Gasteiger partial charge >= 0.3 is 5.97 Å². The zero-order chi connectivity index (χ0) is 22.4. The van der Waals surface area contributed by atoms with Crippen molar-refractivity contribution in [2.75, 3.05) is 0 Å². The van der Waals surface area contributed by atoms with E-state index >= 15 is 0 Å². The summed E-state index contributed by atoms with van der Waals surface area (Å²) in [6, 6.07) is 25.0. The van der Waals surface area contributed by atoms with Crippen molar-refractivity contribution in [3.05, 3.63) is 108 Å². The summed E-state index contributed by atoms with van der Waals surface area (Å²) in [7, 11) is 0. The summed E-state index contributed by atoms with van der Waals surface area (Å²) in [6.07, 6.45) is 1.35. The first-order valence-corrected chi connectivity index (χ1v) is 10.3. The highest BCUT2D eigenvalue weighted by molar-refractivity contribution is 6.27. The number of ether oxygens (including phenoxy) is 2. The van der Waals surface area contributed by atoms with Gasteiger partial charge < -0.3 is 14.0 Å². The minimum Gasteiger partial charge on any atom is -0.455 e. The number of ketones is 1. The molecule has 0 unspecified atom stereocenters. The van der Waals surface area contributed by atoms with Crippen LogP contribution in [0.15, 0.2) is 95.5 Å². The second kappa shape index (κ2) is 7.46. The van der Waals surface area contributed by atoms with Crippen LogP contribution in [0.1, 0.15) is 26.4 Å². The third kappa shape index (κ3) is 3.08. The van der Waals surface area contributed by atoms with Crippen molar-refractivity contribution >= 4 is 39.3 Å². The second-order valence-electron chi connectivity index (χ2n) is 7.53. The summed E-state index contributed by atoms with van der Waals surface area (Å²) in [4.78, 5) is 26.2. The van der Waals surface area contributed by atoms with Gasteiger partial charge in [-0.2, -0.15) is 0 Å². The van der Waals surface area contributed by atoms with Gasteiger partial charge in [-0.25, -0.2) is 4.79 Å². The predicted octanol–water partition coefficient (Wildman–Crippen LogP) is 5.82. The van der Waals surface area contributed by atoms with Crippen molar-refractivity contribution in [3.63, 3.8) is 0 Å². The van der Waals surface area contributed by atoms with E-state index in [4.69, 9.17) is 14.0 Å². The molecular weight excluding hydrogens is 418 g/mol. The Labute approximate surface area is 187 Å². The van der Waals surface area contributed by atoms with Crippen LogP contribution >= 0.6 is 0 Å². The van der Waals surface area contributed by atoms with Crippen LogP contribution in [0, 0.1) is 0 Å². The van der Waals surface area contributed by atoms with Crippen molar-refractivity contribution in [2.24, 2.45) is 0 Å². The van der Waals surface area contributed by atoms with Gasteiger partial charge in [0.05, 0.1) is 16.5 Å². The Morgan fingerprint density at radius 3 is 2.24 bits per heavy atom. The molecule has 6 heteroatoms. The highest BCUT2D eigenvalue weighted by Gasteiger charge is 2.33. The quantitative estimate of drug-likeness (QED) is 0.263. The number of benzene rings is 4. The van der Waals surface area contributed by atoms with Crippen molar-refractivity contribution in [1.82, 2.24) is 5.16 Å². The molecule has 0 amide bonds. The van der Waals surface area contributed by atoms with Crippen LogP contribution in [0.2, 0.25) is 0 Å². The Bertz CT molecular complexity index is 1580. The number of fused-ring (bicyclic) bond motifs is 2. The number of hydrogen-bond acceptors (Lipinski definition) is 6. The molecule has 0 bridgehead atoms. The van der Waals surface area contributed by atoms with E-state index in [1.165, 1.54) is 6.08 Å². The third-order valence-electron chi connectivity index (χ3n) is 5.50. The number of carbonyl (C=O) groups is 2. The average molecular weight is 433 g/mol. The fourth-order valence-corrected chi connectivity index (χ4v) is 4.02. The summed E-state index contributed by atoms with van der Waals surface area (Å²) in [6.45, 7) is 0. The van der Waals surface area contributed by atoms with Crippen LogP contribution in [0.25, 0.3) is 27.5 Å². The molecule has 5 aromatic rings. The molecule has 0 atom stereocenters. The number of allylic oxidation sites excluding steroid dienone is 1. The molecule has 0 spiro atoms. The molecule has 0 fully saturated rings. The van der Waals surface area contributed by atoms with Gasteiger partial charge in [0.25, 0.3) is 0 Å². The standard InChI is InChI=1S/C27H15NO5/c29-20-15-21(31-17-11-5-2-6-12-17)24-23-22(20)25(32-27(30)16-9-3-1-4-10-16)18-13-7-8-14-19(18)26(23)33-28-24/h1-15H. The molecule has 0 saturated carbocycles. The van der Waals surface area contributed by atoms with Crippen molar-refractivity contribution in [3.8, 4) is 11.5 Å². The van der Waals surface area contributed by atoms with Gasteiger partial charge in [-0.3, -0.25) is 4.79 Å². The first kappa shape index (κ1) is 19.0. The van der Waals surface area contributed by atoms with Gasteiger partial charge in [0.2, 0.25) is 0 Å². The second-order valence-corrected chi connectivity index (χ2v) is 7.53. The Morgan fingerprint density at radius 1 is 0.818 bits per heavy atom. The Balaban J connectivity index is 1.56. The Kier molecular flexibility index (Phi) is 4.30. The fraction of sp³-hybridized carbons (Fsp3) is 0. The van der Waals surface area contributed by atoms with Crippen LogP contribution in [-0.2, 0) is 0 Å². The summed E-state index contributed by atoms with van der Waals surface area (Å²) >= 11 is 0. The van der Waals surface area contributed by atoms with Gasteiger partial charge in [0, 0.05) is 16.8 Å². The highest BCUT2D eigenvalue weighted by Crippen LogP contribution is 2.44. The van der Waals surface area contributed by atoms with Crippen LogP contribution in [-0.4, -0.2) is 16.9 Å². The molecule has 1 aliphatic carbocycles. The zero-order valence-electron chi connectivity index (χ0n) is 17.1. The first-order valence-electron chi connectivity index (χ1n) is 10.3. The molecule has 6 nitrogen and oxygen atoms in total. The molecule has 1 heterocycles. The zero-order valence-corrected chi connectivity index (χ0v) is 17.1. The van der Waals surface area contributed by atoms with Crippen LogP contribution < -0.4 is 9.47 Å². The van der Waals surface area contributed by atoms with E-state index in [-0.39, 0.29) is 22.9 Å². The lowest BCUT2D eigenvalue weighted by atomic mass is 9.92. The van der Waals surface area contributed by atoms with E-state index in [9.17, 15) is 9.59 Å². The number of rotatable bonds is 4. The predicted molar refractivity (Wildman–Crippen MR) is 122 cm³/mol. The van der Waals surface area contributed by atoms with Crippen LogP contribution in [0.5, 0.6) is 11.5 Å². The van der Waals surface area contributed by atoms with Gasteiger partial charge in [0.1, 0.15) is 5.75 Å². The molecule has 4 aromatic carbocycles. The minimum absolute atomic E-state index is 0.177. The van der Waals surface area contributed by atoms with Crippen LogP contribution in [0.4, 0.5) is 0 Å². The maximum absolute atomic E-state index is 13.3. The number of esters is 1. The average Bonchev–Trinajstić information content (AvgIpc) is 3.30. The number of nitrogens with zero attached hydrogens (tertiary/aromatic N) is 1. The normalized spacial score (nSPS) is 12.6. The van der Waals surface area contributed by atoms with E-state index in [2.05, 4.69) is 5.16 Å².